The average molecular weight is 275 g/mol. The molecular weight excluding hydrogens is 258 g/mol. The lowest BCUT2D eigenvalue weighted by molar-refractivity contribution is 0.178. The van der Waals surface area contributed by atoms with Crippen molar-refractivity contribution in [3.8, 4) is 11.1 Å². The predicted octanol–water partition coefficient (Wildman–Crippen LogP) is 4.02. The van der Waals surface area contributed by atoms with Gasteiger partial charge in [-0.3, -0.25) is 4.98 Å². The number of rotatable bonds is 4. The van der Waals surface area contributed by atoms with Crippen LogP contribution >= 0.6 is 0 Å². The fourth-order valence-corrected chi connectivity index (χ4v) is 2.39. The van der Waals surface area contributed by atoms with E-state index in [1.165, 1.54) is 5.56 Å². The van der Waals surface area contributed by atoms with Gasteiger partial charge in [-0.15, -0.1) is 0 Å². The number of pyridine rings is 1. The van der Waals surface area contributed by atoms with Crippen LogP contribution in [0.1, 0.15) is 17.2 Å². The third-order valence-corrected chi connectivity index (χ3v) is 3.55. The van der Waals surface area contributed by atoms with Crippen molar-refractivity contribution in [2.24, 2.45) is 0 Å². The van der Waals surface area contributed by atoms with E-state index in [-0.39, 0.29) is 0 Å². The molecule has 2 heteroatoms. The minimum Gasteiger partial charge on any atom is -0.388 e. The van der Waals surface area contributed by atoms with Crippen LogP contribution in [0.2, 0.25) is 0 Å². The Labute approximate surface area is 124 Å². The van der Waals surface area contributed by atoms with Gasteiger partial charge < -0.3 is 5.11 Å². The summed E-state index contributed by atoms with van der Waals surface area (Å²) in [6, 6.07) is 22.2. The second-order valence-electron chi connectivity index (χ2n) is 5.07. The summed E-state index contributed by atoms with van der Waals surface area (Å²) in [6.45, 7) is 0. The molecule has 0 amide bonds. The van der Waals surface area contributed by atoms with Crippen LogP contribution in [0.15, 0.2) is 79.1 Å². The lowest BCUT2D eigenvalue weighted by atomic mass is 9.99. The largest absolute Gasteiger partial charge is 0.388 e. The molecule has 2 nitrogen and oxygen atoms in total. The highest BCUT2D eigenvalue weighted by Crippen LogP contribution is 2.23. The Hall–Kier alpha value is -2.45. The van der Waals surface area contributed by atoms with E-state index in [4.69, 9.17) is 0 Å². The minimum absolute atomic E-state index is 0.501. The maximum absolute atomic E-state index is 10.3. The van der Waals surface area contributed by atoms with Gasteiger partial charge >= 0.3 is 0 Å². The second kappa shape index (κ2) is 6.33. The van der Waals surface area contributed by atoms with Gasteiger partial charge in [0.25, 0.3) is 0 Å². The topological polar surface area (TPSA) is 33.1 Å². The van der Waals surface area contributed by atoms with Gasteiger partial charge in [-0.2, -0.15) is 0 Å². The van der Waals surface area contributed by atoms with E-state index in [1.54, 1.807) is 12.4 Å². The maximum Gasteiger partial charge on any atom is 0.0830 e. The van der Waals surface area contributed by atoms with Crippen molar-refractivity contribution in [3.63, 3.8) is 0 Å². The van der Waals surface area contributed by atoms with Crippen molar-refractivity contribution in [3.05, 3.63) is 90.3 Å². The Kier molecular flexibility index (Phi) is 4.08. The summed E-state index contributed by atoms with van der Waals surface area (Å²) in [6.07, 6.45) is 3.61. The average Bonchev–Trinajstić information content (AvgIpc) is 2.57. The Morgan fingerprint density at radius 2 is 1.52 bits per heavy atom. The van der Waals surface area contributed by atoms with Crippen molar-refractivity contribution in [2.45, 2.75) is 12.5 Å². The molecule has 104 valence electrons. The van der Waals surface area contributed by atoms with Gasteiger partial charge in [-0.1, -0.05) is 60.7 Å². The van der Waals surface area contributed by atoms with Crippen LogP contribution in [0.5, 0.6) is 0 Å². The van der Waals surface area contributed by atoms with Crippen LogP contribution in [0, 0.1) is 0 Å². The highest BCUT2D eigenvalue weighted by Gasteiger charge is 2.08. The Morgan fingerprint density at radius 1 is 0.810 bits per heavy atom. The molecule has 1 atom stereocenters. The monoisotopic (exact) mass is 275 g/mol. The molecule has 2 aromatic carbocycles. The first kappa shape index (κ1) is 13.5. The molecule has 0 aliphatic rings. The van der Waals surface area contributed by atoms with E-state index >= 15 is 0 Å². The zero-order valence-corrected chi connectivity index (χ0v) is 11.7. The van der Waals surface area contributed by atoms with Crippen molar-refractivity contribution in [2.75, 3.05) is 0 Å². The first-order valence-corrected chi connectivity index (χ1v) is 7.05. The van der Waals surface area contributed by atoms with E-state index in [2.05, 4.69) is 29.2 Å². The first-order valence-electron chi connectivity index (χ1n) is 7.05. The van der Waals surface area contributed by atoms with Gasteiger partial charge in [0.1, 0.15) is 0 Å². The van der Waals surface area contributed by atoms with E-state index in [1.807, 2.05) is 42.5 Å². The van der Waals surface area contributed by atoms with Gasteiger partial charge in [-0.05, 0) is 28.3 Å². The molecule has 3 rings (SSSR count). The van der Waals surface area contributed by atoms with Crippen molar-refractivity contribution in [1.29, 1.82) is 0 Å². The SMILES string of the molecule is OC(Cc1cccnc1)c1ccc(-c2ccccc2)cc1. The molecule has 0 fully saturated rings. The zero-order valence-electron chi connectivity index (χ0n) is 11.7. The fraction of sp³-hybridized carbons (Fsp3) is 0.105. The molecule has 1 unspecified atom stereocenters. The molecule has 0 radical (unpaired) electrons. The van der Waals surface area contributed by atoms with Crippen LogP contribution in [-0.4, -0.2) is 10.1 Å². The van der Waals surface area contributed by atoms with Crippen LogP contribution in [0.25, 0.3) is 11.1 Å². The van der Waals surface area contributed by atoms with E-state index in [0.29, 0.717) is 6.42 Å². The first-order chi connectivity index (χ1) is 10.3. The van der Waals surface area contributed by atoms with Gasteiger partial charge in [0.15, 0.2) is 0 Å². The summed E-state index contributed by atoms with van der Waals surface area (Å²) in [4.78, 5) is 4.07. The molecule has 0 saturated carbocycles. The highest BCUT2D eigenvalue weighted by molar-refractivity contribution is 5.63. The molecule has 0 spiro atoms. The number of hydrogen-bond donors (Lipinski definition) is 1. The highest BCUT2D eigenvalue weighted by atomic mass is 16.3. The lowest BCUT2D eigenvalue weighted by Gasteiger charge is -2.11. The normalized spacial score (nSPS) is 12.0. The third kappa shape index (κ3) is 3.36. The number of nitrogens with zero attached hydrogens (tertiary/aromatic N) is 1. The number of hydrogen-bond acceptors (Lipinski definition) is 2. The lowest BCUT2D eigenvalue weighted by Crippen LogP contribution is -2.01. The molecule has 1 heterocycles. The Morgan fingerprint density at radius 3 is 2.19 bits per heavy atom. The molecule has 21 heavy (non-hydrogen) atoms. The molecular formula is C19H17NO. The predicted molar refractivity (Wildman–Crippen MR) is 84.8 cm³/mol. The van der Waals surface area contributed by atoms with Crippen molar-refractivity contribution in [1.82, 2.24) is 4.98 Å². The second-order valence-corrected chi connectivity index (χ2v) is 5.07. The molecule has 1 aromatic heterocycles. The number of benzene rings is 2. The van der Waals surface area contributed by atoms with Crippen LogP contribution in [0.4, 0.5) is 0 Å². The third-order valence-electron chi connectivity index (χ3n) is 3.55. The number of aliphatic hydroxyl groups excluding tert-OH is 1. The van der Waals surface area contributed by atoms with E-state index < -0.39 is 6.10 Å². The van der Waals surface area contributed by atoms with Crippen LogP contribution in [0.3, 0.4) is 0 Å². The Balaban J connectivity index is 1.75. The maximum atomic E-state index is 10.3. The molecule has 1 N–H and O–H groups in total. The van der Waals surface area contributed by atoms with Gasteiger partial charge in [0, 0.05) is 18.8 Å². The summed E-state index contributed by atoms with van der Waals surface area (Å²) in [5.74, 6) is 0. The summed E-state index contributed by atoms with van der Waals surface area (Å²) in [5, 5.41) is 10.3. The Bertz CT molecular complexity index is 678. The minimum atomic E-state index is -0.501. The number of aromatic nitrogens is 1. The zero-order chi connectivity index (χ0) is 14.5. The van der Waals surface area contributed by atoms with Crippen molar-refractivity contribution < 1.29 is 5.11 Å². The summed E-state index contributed by atoms with van der Waals surface area (Å²) in [5.41, 5.74) is 4.31. The standard InChI is InChI=1S/C19H17NO/c21-19(13-15-5-4-12-20-14-15)18-10-8-17(9-11-18)16-6-2-1-3-7-16/h1-12,14,19,21H,13H2. The summed E-state index contributed by atoms with van der Waals surface area (Å²) >= 11 is 0. The van der Waals surface area contributed by atoms with Crippen molar-refractivity contribution >= 4 is 0 Å². The molecule has 0 saturated heterocycles. The smallest absolute Gasteiger partial charge is 0.0830 e. The van der Waals surface area contributed by atoms with Crippen LogP contribution < -0.4 is 0 Å². The quantitative estimate of drug-likeness (QED) is 0.780. The van der Waals surface area contributed by atoms with Crippen LogP contribution in [-0.2, 0) is 6.42 Å². The number of aliphatic hydroxyl groups is 1. The van der Waals surface area contributed by atoms with Gasteiger partial charge in [0.05, 0.1) is 6.10 Å². The fourth-order valence-electron chi connectivity index (χ4n) is 2.39. The van der Waals surface area contributed by atoms with Gasteiger partial charge in [-0.25, -0.2) is 0 Å². The summed E-state index contributed by atoms with van der Waals surface area (Å²) < 4.78 is 0. The summed E-state index contributed by atoms with van der Waals surface area (Å²) in [7, 11) is 0. The van der Waals surface area contributed by atoms with Gasteiger partial charge in [0.2, 0.25) is 0 Å². The molecule has 0 aliphatic heterocycles. The van der Waals surface area contributed by atoms with E-state index in [0.717, 1.165) is 16.7 Å². The molecule has 0 aliphatic carbocycles. The molecule has 3 aromatic rings. The van der Waals surface area contributed by atoms with E-state index in [9.17, 15) is 5.11 Å². The molecule has 0 bridgehead atoms.